The molecule has 3 heteroatoms. The highest BCUT2D eigenvalue weighted by Crippen LogP contribution is 2.04. The van der Waals surface area contributed by atoms with E-state index in [0.29, 0.717) is 0 Å². The van der Waals surface area contributed by atoms with Crippen LogP contribution in [-0.4, -0.2) is 51.0 Å². The highest BCUT2D eigenvalue weighted by molar-refractivity contribution is 4.69. The van der Waals surface area contributed by atoms with Gasteiger partial charge in [-0.3, -0.25) is 4.90 Å². The number of likely N-dealkylation sites (N-methyl/N-ethyl adjacent to an activating group) is 1. The second-order valence-electron chi connectivity index (χ2n) is 2.84. The van der Waals surface area contributed by atoms with Crippen LogP contribution < -0.4 is 0 Å². The number of hydrogen-bond acceptors (Lipinski definition) is 3. The summed E-state index contributed by atoms with van der Waals surface area (Å²) in [4.78, 5) is 2.38. The van der Waals surface area contributed by atoms with Crippen LogP contribution in [0.1, 0.15) is 6.92 Å². The third-order valence-electron chi connectivity index (χ3n) is 2.02. The van der Waals surface area contributed by atoms with Gasteiger partial charge in [-0.15, -0.1) is 0 Å². The van der Waals surface area contributed by atoms with Gasteiger partial charge in [0.15, 0.2) is 0 Å². The number of hydrogen-bond donors (Lipinski definition) is 0. The molecule has 0 aromatic rings. The molecule has 0 saturated carbocycles. The number of ether oxygens (including phenoxy) is 2. The molecule has 0 radical (unpaired) electrons. The predicted octanol–water partition coefficient (Wildman–Crippen LogP) is 0.353. The Labute approximate surface area is 68.3 Å². The lowest BCUT2D eigenvalue weighted by Crippen LogP contribution is -2.44. The van der Waals surface area contributed by atoms with Gasteiger partial charge < -0.3 is 9.47 Å². The molecule has 1 heterocycles. The Hall–Kier alpha value is -0.120. The minimum absolute atomic E-state index is 0.286. The predicted molar refractivity (Wildman–Crippen MR) is 43.7 cm³/mol. The van der Waals surface area contributed by atoms with Crippen molar-refractivity contribution in [1.29, 1.82) is 0 Å². The molecule has 1 fully saturated rings. The minimum atomic E-state index is 0.286. The zero-order valence-electron chi connectivity index (χ0n) is 7.38. The maximum absolute atomic E-state index is 5.48. The molecule has 0 amide bonds. The van der Waals surface area contributed by atoms with Gasteiger partial charge in [-0.05, 0) is 6.54 Å². The van der Waals surface area contributed by atoms with Gasteiger partial charge >= 0.3 is 0 Å². The Morgan fingerprint density at radius 3 is 3.09 bits per heavy atom. The molecule has 0 spiro atoms. The highest BCUT2D eigenvalue weighted by Gasteiger charge is 2.18. The number of rotatable bonds is 3. The average molecular weight is 159 g/mol. The quantitative estimate of drug-likeness (QED) is 0.593. The zero-order valence-corrected chi connectivity index (χ0v) is 7.38. The van der Waals surface area contributed by atoms with Gasteiger partial charge in [-0.2, -0.15) is 0 Å². The minimum Gasteiger partial charge on any atom is -0.382 e. The first kappa shape index (κ1) is 8.97. The lowest BCUT2D eigenvalue weighted by atomic mass is 10.3. The van der Waals surface area contributed by atoms with Gasteiger partial charge in [-0.25, -0.2) is 0 Å². The first-order valence-electron chi connectivity index (χ1n) is 4.19. The van der Waals surface area contributed by atoms with Crippen LogP contribution in [0, 0.1) is 0 Å². The van der Waals surface area contributed by atoms with Crippen LogP contribution >= 0.6 is 0 Å². The summed E-state index contributed by atoms with van der Waals surface area (Å²) in [6.45, 7) is 6.94. The molecule has 1 aliphatic rings. The molecule has 3 nitrogen and oxygen atoms in total. The van der Waals surface area contributed by atoms with Crippen LogP contribution in [0.2, 0.25) is 0 Å². The van der Waals surface area contributed by atoms with Gasteiger partial charge in [0.05, 0.1) is 19.3 Å². The molecule has 1 unspecified atom stereocenters. The Balaban J connectivity index is 2.21. The summed E-state index contributed by atoms with van der Waals surface area (Å²) in [5.74, 6) is 0. The summed E-state index contributed by atoms with van der Waals surface area (Å²) in [5.41, 5.74) is 0. The molecular weight excluding hydrogens is 142 g/mol. The second-order valence-corrected chi connectivity index (χ2v) is 2.84. The molecule has 0 aromatic heterocycles. The molecule has 11 heavy (non-hydrogen) atoms. The van der Waals surface area contributed by atoms with Crippen molar-refractivity contribution in [1.82, 2.24) is 4.90 Å². The van der Waals surface area contributed by atoms with Gasteiger partial charge in [0.2, 0.25) is 0 Å². The van der Waals surface area contributed by atoms with Crippen LogP contribution in [-0.2, 0) is 9.47 Å². The average Bonchev–Trinajstić information content (AvgIpc) is 2.06. The molecule has 0 N–H and O–H groups in total. The molecule has 0 aliphatic carbocycles. The van der Waals surface area contributed by atoms with Crippen molar-refractivity contribution in [2.75, 3.05) is 40.0 Å². The van der Waals surface area contributed by atoms with Crippen molar-refractivity contribution in [2.24, 2.45) is 0 Å². The molecule has 1 rings (SSSR count). The monoisotopic (exact) mass is 159 g/mol. The van der Waals surface area contributed by atoms with Crippen LogP contribution in [0.4, 0.5) is 0 Å². The third kappa shape index (κ3) is 2.77. The fourth-order valence-electron chi connectivity index (χ4n) is 1.35. The van der Waals surface area contributed by atoms with E-state index in [1.807, 2.05) is 0 Å². The molecule has 1 saturated heterocycles. The van der Waals surface area contributed by atoms with E-state index in [-0.39, 0.29) is 6.10 Å². The van der Waals surface area contributed by atoms with Crippen molar-refractivity contribution in [3.8, 4) is 0 Å². The SMILES string of the molecule is CCN1CCOC(COC)C1. The summed E-state index contributed by atoms with van der Waals surface area (Å²) in [7, 11) is 1.72. The van der Waals surface area contributed by atoms with Gasteiger partial charge in [0, 0.05) is 20.2 Å². The van der Waals surface area contributed by atoms with Crippen LogP contribution in [0.15, 0.2) is 0 Å². The van der Waals surface area contributed by atoms with E-state index >= 15 is 0 Å². The molecule has 1 atom stereocenters. The van der Waals surface area contributed by atoms with Crippen molar-refractivity contribution in [3.63, 3.8) is 0 Å². The first-order chi connectivity index (χ1) is 5.36. The van der Waals surface area contributed by atoms with E-state index in [2.05, 4.69) is 11.8 Å². The number of morpholine rings is 1. The van der Waals surface area contributed by atoms with Crippen LogP contribution in [0.3, 0.4) is 0 Å². The van der Waals surface area contributed by atoms with Gasteiger partial charge in [-0.1, -0.05) is 6.92 Å². The lowest BCUT2D eigenvalue weighted by Gasteiger charge is -2.31. The molecular formula is C8H17NO2. The summed E-state index contributed by atoms with van der Waals surface area (Å²) >= 11 is 0. The Morgan fingerprint density at radius 1 is 1.64 bits per heavy atom. The van der Waals surface area contributed by atoms with Crippen molar-refractivity contribution in [2.45, 2.75) is 13.0 Å². The Morgan fingerprint density at radius 2 is 2.45 bits per heavy atom. The second kappa shape index (κ2) is 4.70. The molecule has 0 bridgehead atoms. The molecule has 0 aromatic carbocycles. The summed E-state index contributed by atoms with van der Waals surface area (Å²) in [6.07, 6.45) is 0.286. The fourth-order valence-corrected chi connectivity index (χ4v) is 1.35. The van der Waals surface area contributed by atoms with E-state index < -0.39 is 0 Å². The topological polar surface area (TPSA) is 21.7 Å². The van der Waals surface area contributed by atoms with E-state index in [1.165, 1.54) is 0 Å². The summed E-state index contributed by atoms with van der Waals surface area (Å²) in [6, 6.07) is 0. The fraction of sp³-hybridized carbons (Fsp3) is 1.00. The third-order valence-corrected chi connectivity index (χ3v) is 2.02. The van der Waals surface area contributed by atoms with E-state index in [9.17, 15) is 0 Å². The highest BCUT2D eigenvalue weighted by atomic mass is 16.5. The normalized spacial score (nSPS) is 27.3. The van der Waals surface area contributed by atoms with Crippen LogP contribution in [0.25, 0.3) is 0 Å². The molecule has 1 aliphatic heterocycles. The van der Waals surface area contributed by atoms with Crippen LogP contribution in [0.5, 0.6) is 0 Å². The summed E-state index contributed by atoms with van der Waals surface area (Å²) < 4.78 is 10.5. The summed E-state index contributed by atoms with van der Waals surface area (Å²) in [5, 5.41) is 0. The van der Waals surface area contributed by atoms with E-state index in [4.69, 9.17) is 9.47 Å². The smallest absolute Gasteiger partial charge is 0.0935 e. The van der Waals surface area contributed by atoms with Gasteiger partial charge in [0.1, 0.15) is 0 Å². The maximum Gasteiger partial charge on any atom is 0.0935 e. The maximum atomic E-state index is 5.48. The largest absolute Gasteiger partial charge is 0.382 e. The number of methoxy groups -OCH3 is 1. The Bertz CT molecular complexity index is 106. The molecule has 66 valence electrons. The van der Waals surface area contributed by atoms with E-state index in [0.717, 1.165) is 32.8 Å². The standard InChI is InChI=1S/C8H17NO2/c1-3-9-4-5-11-8(6-9)7-10-2/h8H,3-7H2,1-2H3. The van der Waals surface area contributed by atoms with Crippen molar-refractivity contribution < 1.29 is 9.47 Å². The first-order valence-corrected chi connectivity index (χ1v) is 4.19. The lowest BCUT2D eigenvalue weighted by molar-refractivity contribution is -0.0595. The van der Waals surface area contributed by atoms with Crippen molar-refractivity contribution in [3.05, 3.63) is 0 Å². The number of nitrogens with zero attached hydrogens (tertiary/aromatic N) is 1. The Kier molecular flexibility index (Phi) is 3.83. The zero-order chi connectivity index (χ0) is 8.10. The van der Waals surface area contributed by atoms with Crippen molar-refractivity contribution >= 4 is 0 Å². The van der Waals surface area contributed by atoms with Gasteiger partial charge in [0.25, 0.3) is 0 Å². The van der Waals surface area contributed by atoms with E-state index in [1.54, 1.807) is 7.11 Å².